The van der Waals surface area contributed by atoms with E-state index < -0.39 is 0 Å². The number of carbonyl (C=O) groups excluding carboxylic acids is 1. The average molecular weight is 378 g/mol. The first-order valence-corrected chi connectivity index (χ1v) is 7.82. The van der Waals surface area contributed by atoms with Crippen molar-refractivity contribution >= 4 is 34.2 Å². The quantitative estimate of drug-likeness (QED) is 0.847. The van der Waals surface area contributed by atoms with Crippen LogP contribution in [0.1, 0.15) is 37.0 Å². The van der Waals surface area contributed by atoms with Gasteiger partial charge in [0.2, 0.25) is 0 Å². The Hall–Kier alpha value is -0.780. The molecule has 1 aromatic rings. The van der Waals surface area contributed by atoms with Gasteiger partial charge in [0, 0.05) is 22.6 Å². The van der Waals surface area contributed by atoms with Gasteiger partial charge < -0.3 is 15.4 Å². The van der Waals surface area contributed by atoms with Gasteiger partial charge in [0.05, 0.1) is 6.10 Å². The zero-order valence-electron chi connectivity index (χ0n) is 12.3. The molecule has 0 saturated carbocycles. The highest BCUT2D eigenvalue weighted by molar-refractivity contribution is 9.10. The van der Waals surface area contributed by atoms with Crippen molar-refractivity contribution < 1.29 is 9.53 Å². The van der Waals surface area contributed by atoms with Crippen molar-refractivity contribution in [1.82, 2.24) is 10.6 Å². The zero-order chi connectivity index (χ0) is 14.5. The maximum atomic E-state index is 12.3. The summed E-state index contributed by atoms with van der Waals surface area (Å²) >= 11 is 3.42. The van der Waals surface area contributed by atoms with E-state index in [-0.39, 0.29) is 30.5 Å². The van der Waals surface area contributed by atoms with Crippen LogP contribution in [0.2, 0.25) is 0 Å². The molecule has 0 aliphatic carbocycles. The lowest BCUT2D eigenvalue weighted by Gasteiger charge is -2.24. The molecule has 21 heavy (non-hydrogen) atoms. The van der Waals surface area contributed by atoms with E-state index in [9.17, 15) is 4.79 Å². The summed E-state index contributed by atoms with van der Waals surface area (Å²) in [5, 5.41) is 6.36. The van der Waals surface area contributed by atoms with E-state index in [2.05, 4.69) is 26.6 Å². The molecule has 4 nitrogen and oxygen atoms in total. The third-order valence-corrected chi connectivity index (χ3v) is 3.60. The predicted octanol–water partition coefficient (Wildman–Crippen LogP) is 3.14. The monoisotopic (exact) mass is 376 g/mol. The van der Waals surface area contributed by atoms with Crippen molar-refractivity contribution in [2.45, 2.75) is 38.8 Å². The summed E-state index contributed by atoms with van der Waals surface area (Å²) < 4.78 is 6.50. The summed E-state index contributed by atoms with van der Waals surface area (Å²) in [5.74, 6) is 0.662. The standard InChI is InChI=1S/C15H21BrN2O2.ClH/c1-10(2)20-14-7-11(6-12(16)8-14)15(19)18-13-4-3-5-17-9-13;/h6-8,10,13,17H,3-5,9H2,1-2H3,(H,18,19);1H/t13-;/m0./s1. The topological polar surface area (TPSA) is 50.4 Å². The number of benzene rings is 1. The number of halogens is 2. The Morgan fingerprint density at radius 2 is 2.19 bits per heavy atom. The zero-order valence-corrected chi connectivity index (χ0v) is 14.7. The first-order valence-electron chi connectivity index (χ1n) is 7.03. The molecule has 1 aromatic carbocycles. The van der Waals surface area contributed by atoms with E-state index in [0.29, 0.717) is 11.3 Å². The lowest BCUT2D eigenvalue weighted by Crippen LogP contribution is -2.45. The van der Waals surface area contributed by atoms with Crippen molar-refractivity contribution in [3.63, 3.8) is 0 Å². The molecule has 0 aromatic heterocycles. The molecule has 2 N–H and O–H groups in total. The number of rotatable bonds is 4. The minimum Gasteiger partial charge on any atom is -0.491 e. The number of amides is 1. The van der Waals surface area contributed by atoms with Gasteiger partial charge >= 0.3 is 0 Å². The molecule has 1 heterocycles. The highest BCUT2D eigenvalue weighted by Crippen LogP contribution is 2.22. The van der Waals surface area contributed by atoms with Crippen LogP contribution in [0.25, 0.3) is 0 Å². The summed E-state index contributed by atoms with van der Waals surface area (Å²) in [4.78, 5) is 12.3. The SMILES string of the molecule is CC(C)Oc1cc(Br)cc(C(=O)N[C@H]2CCCNC2)c1.Cl. The van der Waals surface area contributed by atoms with E-state index in [1.54, 1.807) is 6.07 Å². The van der Waals surface area contributed by atoms with Crippen molar-refractivity contribution in [2.24, 2.45) is 0 Å². The van der Waals surface area contributed by atoms with Gasteiger partial charge in [-0.15, -0.1) is 12.4 Å². The van der Waals surface area contributed by atoms with Gasteiger partial charge in [0.25, 0.3) is 5.91 Å². The normalized spacial score (nSPS) is 18.0. The third-order valence-electron chi connectivity index (χ3n) is 3.14. The molecular weight excluding hydrogens is 356 g/mol. The second-order valence-corrected chi connectivity index (χ2v) is 6.27. The van der Waals surface area contributed by atoms with Gasteiger partial charge in [-0.25, -0.2) is 0 Å². The van der Waals surface area contributed by atoms with Crippen LogP contribution in [0.5, 0.6) is 5.75 Å². The van der Waals surface area contributed by atoms with Gasteiger partial charge in [-0.2, -0.15) is 0 Å². The number of nitrogens with one attached hydrogen (secondary N) is 2. The molecule has 118 valence electrons. The Bertz CT molecular complexity index is 477. The van der Waals surface area contributed by atoms with Gasteiger partial charge in [-0.05, 0) is 51.4 Å². The summed E-state index contributed by atoms with van der Waals surface area (Å²) in [6.07, 6.45) is 2.22. The minimum absolute atomic E-state index is 0. The van der Waals surface area contributed by atoms with E-state index in [1.807, 2.05) is 26.0 Å². The van der Waals surface area contributed by atoms with Crippen molar-refractivity contribution in [2.75, 3.05) is 13.1 Å². The fourth-order valence-corrected chi connectivity index (χ4v) is 2.75. The molecule has 0 unspecified atom stereocenters. The lowest BCUT2D eigenvalue weighted by atomic mass is 10.1. The van der Waals surface area contributed by atoms with Crippen LogP contribution < -0.4 is 15.4 Å². The minimum atomic E-state index is -0.0476. The molecule has 1 fully saturated rings. The second kappa shape index (κ2) is 8.61. The predicted molar refractivity (Wildman–Crippen MR) is 90.5 cm³/mol. The largest absolute Gasteiger partial charge is 0.491 e. The van der Waals surface area contributed by atoms with Gasteiger partial charge in [-0.1, -0.05) is 15.9 Å². The first-order chi connectivity index (χ1) is 9.54. The second-order valence-electron chi connectivity index (χ2n) is 5.36. The summed E-state index contributed by atoms with van der Waals surface area (Å²) in [6, 6.07) is 5.69. The van der Waals surface area contributed by atoms with E-state index in [1.165, 1.54) is 0 Å². The highest BCUT2D eigenvalue weighted by Gasteiger charge is 2.17. The Balaban J connectivity index is 0.00000220. The van der Waals surface area contributed by atoms with Crippen molar-refractivity contribution in [3.05, 3.63) is 28.2 Å². The molecule has 0 bridgehead atoms. The van der Waals surface area contributed by atoms with Crippen LogP contribution in [0.3, 0.4) is 0 Å². The summed E-state index contributed by atoms with van der Waals surface area (Å²) in [7, 11) is 0. The smallest absolute Gasteiger partial charge is 0.251 e. The number of ether oxygens (including phenoxy) is 1. The maximum absolute atomic E-state index is 12.3. The molecule has 1 amide bonds. The van der Waals surface area contributed by atoms with Crippen LogP contribution in [0.15, 0.2) is 22.7 Å². The van der Waals surface area contributed by atoms with Crippen molar-refractivity contribution in [3.8, 4) is 5.75 Å². The van der Waals surface area contributed by atoms with Crippen LogP contribution >= 0.6 is 28.3 Å². The molecule has 1 aliphatic rings. The Morgan fingerprint density at radius 1 is 1.43 bits per heavy atom. The Morgan fingerprint density at radius 3 is 2.81 bits per heavy atom. The van der Waals surface area contributed by atoms with E-state index in [0.717, 1.165) is 30.4 Å². The molecule has 0 spiro atoms. The molecule has 2 rings (SSSR count). The number of hydrogen-bond donors (Lipinski definition) is 2. The average Bonchev–Trinajstić information content (AvgIpc) is 2.38. The van der Waals surface area contributed by atoms with Crippen LogP contribution in [0.4, 0.5) is 0 Å². The fraction of sp³-hybridized carbons (Fsp3) is 0.533. The van der Waals surface area contributed by atoms with Crippen molar-refractivity contribution in [1.29, 1.82) is 0 Å². The fourth-order valence-electron chi connectivity index (χ4n) is 2.28. The highest BCUT2D eigenvalue weighted by atomic mass is 79.9. The van der Waals surface area contributed by atoms with Crippen LogP contribution in [0, 0.1) is 0 Å². The van der Waals surface area contributed by atoms with Gasteiger partial charge in [0.1, 0.15) is 5.75 Å². The number of carbonyl (C=O) groups is 1. The Kier molecular flexibility index (Phi) is 7.49. The molecule has 6 heteroatoms. The summed E-state index contributed by atoms with van der Waals surface area (Å²) in [6.45, 7) is 5.81. The number of piperidine rings is 1. The lowest BCUT2D eigenvalue weighted by molar-refractivity contribution is 0.0930. The molecular formula is C15H22BrClN2O2. The number of hydrogen-bond acceptors (Lipinski definition) is 3. The van der Waals surface area contributed by atoms with Crippen LogP contribution in [-0.2, 0) is 0 Å². The third kappa shape index (κ3) is 5.85. The Labute approximate surface area is 140 Å². The maximum Gasteiger partial charge on any atom is 0.251 e. The van der Waals surface area contributed by atoms with Gasteiger partial charge in [-0.3, -0.25) is 4.79 Å². The molecule has 1 aliphatic heterocycles. The van der Waals surface area contributed by atoms with E-state index >= 15 is 0 Å². The molecule has 1 atom stereocenters. The first kappa shape index (κ1) is 18.3. The molecule has 1 saturated heterocycles. The van der Waals surface area contributed by atoms with Crippen LogP contribution in [-0.4, -0.2) is 31.1 Å². The molecule has 0 radical (unpaired) electrons. The van der Waals surface area contributed by atoms with E-state index in [4.69, 9.17) is 4.74 Å². The van der Waals surface area contributed by atoms with Gasteiger partial charge in [0.15, 0.2) is 0 Å². The summed E-state index contributed by atoms with van der Waals surface area (Å²) in [5.41, 5.74) is 0.626.